The highest BCUT2D eigenvalue weighted by Crippen LogP contribution is 2.26. The zero-order valence-electron chi connectivity index (χ0n) is 19.6. The minimum atomic E-state index is -0.546. The Morgan fingerprint density at radius 1 is 0.906 bits per heavy atom. The zero-order chi connectivity index (χ0) is 23.5. The summed E-state index contributed by atoms with van der Waals surface area (Å²) in [7, 11) is 0. The number of amides is 3. The summed E-state index contributed by atoms with van der Waals surface area (Å²) in [4.78, 5) is 40.6. The van der Waals surface area contributed by atoms with Crippen molar-refractivity contribution in [2.24, 2.45) is 5.41 Å². The SMILES string of the molecule is Cc1c(NC(=O)C(C)(C)C)cccc1C(=O)Nc1ccccc1C(=O)N1CCCCC1C. The highest BCUT2D eigenvalue weighted by Gasteiger charge is 2.27. The fraction of sp³-hybridized carbons (Fsp3) is 0.423. The molecule has 2 aromatic carbocycles. The van der Waals surface area contributed by atoms with Gasteiger partial charge in [-0.25, -0.2) is 0 Å². The number of carbonyl (C=O) groups excluding carboxylic acids is 3. The van der Waals surface area contributed by atoms with Gasteiger partial charge in [0, 0.05) is 29.3 Å². The molecular weight excluding hydrogens is 402 g/mol. The van der Waals surface area contributed by atoms with Crippen LogP contribution in [0.2, 0.25) is 0 Å². The maximum Gasteiger partial charge on any atom is 0.256 e. The lowest BCUT2D eigenvalue weighted by molar-refractivity contribution is -0.123. The number of carbonyl (C=O) groups is 3. The molecular formula is C26H33N3O3. The Morgan fingerprint density at radius 3 is 2.25 bits per heavy atom. The Hall–Kier alpha value is -3.15. The Kier molecular flexibility index (Phi) is 7.02. The van der Waals surface area contributed by atoms with Crippen LogP contribution in [-0.4, -0.2) is 35.2 Å². The molecule has 2 N–H and O–H groups in total. The largest absolute Gasteiger partial charge is 0.336 e. The van der Waals surface area contributed by atoms with Crippen LogP contribution in [0.5, 0.6) is 0 Å². The molecule has 0 aromatic heterocycles. The summed E-state index contributed by atoms with van der Waals surface area (Å²) in [6.07, 6.45) is 3.12. The second-order valence-electron chi connectivity index (χ2n) is 9.53. The number of hydrogen-bond acceptors (Lipinski definition) is 3. The number of nitrogens with zero attached hydrogens (tertiary/aromatic N) is 1. The second-order valence-corrected chi connectivity index (χ2v) is 9.53. The van der Waals surface area contributed by atoms with Gasteiger partial charge in [-0.05, 0) is 62.9 Å². The highest BCUT2D eigenvalue weighted by atomic mass is 16.2. The van der Waals surface area contributed by atoms with Crippen molar-refractivity contribution in [2.45, 2.75) is 59.9 Å². The Balaban J connectivity index is 1.83. The van der Waals surface area contributed by atoms with E-state index in [0.717, 1.165) is 25.8 Å². The maximum absolute atomic E-state index is 13.2. The van der Waals surface area contributed by atoms with Crippen molar-refractivity contribution in [3.8, 4) is 0 Å². The summed E-state index contributed by atoms with van der Waals surface area (Å²) in [5.74, 6) is -0.498. The van der Waals surface area contributed by atoms with Crippen LogP contribution in [-0.2, 0) is 4.79 Å². The van der Waals surface area contributed by atoms with Crippen molar-refractivity contribution >= 4 is 29.1 Å². The predicted molar refractivity (Wildman–Crippen MR) is 128 cm³/mol. The van der Waals surface area contributed by atoms with E-state index < -0.39 is 5.41 Å². The molecule has 1 heterocycles. The van der Waals surface area contributed by atoms with Gasteiger partial charge < -0.3 is 15.5 Å². The molecule has 6 heteroatoms. The van der Waals surface area contributed by atoms with E-state index in [9.17, 15) is 14.4 Å². The molecule has 0 radical (unpaired) electrons. The molecule has 1 unspecified atom stereocenters. The van der Waals surface area contributed by atoms with Crippen molar-refractivity contribution in [1.29, 1.82) is 0 Å². The summed E-state index contributed by atoms with van der Waals surface area (Å²) in [6.45, 7) is 10.1. The molecule has 1 saturated heterocycles. The maximum atomic E-state index is 13.2. The Morgan fingerprint density at radius 2 is 1.56 bits per heavy atom. The van der Waals surface area contributed by atoms with Crippen LogP contribution in [0.25, 0.3) is 0 Å². The molecule has 1 aliphatic heterocycles. The van der Waals surface area contributed by atoms with E-state index in [0.29, 0.717) is 28.1 Å². The van der Waals surface area contributed by atoms with Crippen molar-refractivity contribution < 1.29 is 14.4 Å². The van der Waals surface area contributed by atoms with Crippen molar-refractivity contribution in [1.82, 2.24) is 4.90 Å². The number of para-hydroxylation sites is 1. The van der Waals surface area contributed by atoms with Gasteiger partial charge in [-0.1, -0.05) is 39.0 Å². The molecule has 3 rings (SSSR count). The van der Waals surface area contributed by atoms with Gasteiger partial charge in [-0.2, -0.15) is 0 Å². The molecule has 2 aromatic rings. The van der Waals surface area contributed by atoms with E-state index in [-0.39, 0.29) is 23.8 Å². The molecule has 1 aliphatic rings. The van der Waals surface area contributed by atoms with Gasteiger partial charge in [0.15, 0.2) is 0 Å². The first-order chi connectivity index (χ1) is 15.1. The lowest BCUT2D eigenvalue weighted by atomic mass is 9.95. The number of hydrogen-bond donors (Lipinski definition) is 2. The van der Waals surface area contributed by atoms with Gasteiger partial charge in [0.2, 0.25) is 5.91 Å². The highest BCUT2D eigenvalue weighted by molar-refractivity contribution is 6.10. The fourth-order valence-corrected chi connectivity index (χ4v) is 3.85. The molecule has 1 atom stereocenters. The molecule has 1 fully saturated rings. The third-order valence-corrected chi connectivity index (χ3v) is 5.98. The van der Waals surface area contributed by atoms with Crippen LogP contribution in [0, 0.1) is 12.3 Å². The van der Waals surface area contributed by atoms with Gasteiger partial charge in [-0.3, -0.25) is 14.4 Å². The molecule has 0 bridgehead atoms. The summed E-state index contributed by atoms with van der Waals surface area (Å²) < 4.78 is 0. The third kappa shape index (κ3) is 5.18. The van der Waals surface area contributed by atoms with Gasteiger partial charge in [0.25, 0.3) is 11.8 Å². The van der Waals surface area contributed by atoms with Crippen LogP contribution in [0.1, 0.15) is 73.2 Å². The van der Waals surface area contributed by atoms with Crippen LogP contribution < -0.4 is 10.6 Å². The first-order valence-electron chi connectivity index (χ1n) is 11.2. The minimum absolute atomic E-state index is 0.0592. The fourth-order valence-electron chi connectivity index (χ4n) is 3.85. The lowest BCUT2D eigenvalue weighted by Crippen LogP contribution is -2.42. The normalized spacial score (nSPS) is 16.4. The first kappa shape index (κ1) is 23.5. The monoisotopic (exact) mass is 435 g/mol. The number of likely N-dealkylation sites (tertiary alicyclic amines) is 1. The van der Waals surface area contributed by atoms with E-state index in [1.54, 1.807) is 43.3 Å². The topological polar surface area (TPSA) is 78.5 Å². The van der Waals surface area contributed by atoms with Crippen LogP contribution in [0.15, 0.2) is 42.5 Å². The van der Waals surface area contributed by atoms with E-state index in [4.69, 9.17) is 0 Å². The standard InChI is InChI=1S/C26H33N3O3/c1-17-11-8-9-16-29(17)24(31)20-12-6-7-14-22(20)27-23(30)19-13-10-15-21(18(19)2)28-25(32)26(3,4)5/h6-7,10,12-15,17H,8-9,11,16H2,1-5H3,(H,27,30)(H,28,32). The van der Waals surface area contributed by atoms with Crippen molar-refractivity contribution in [3.63, 3.8) is 0 Å². The lowest BCUT2D eigenvalue weighted by Gasteiger charge is -2.34. The number of nitrogens with one attached hydrogen (secondary N) is 2. The van der Waals surface area contributed by atoms with Gasteiger partial charge in [0.1, 0.15) is 0 Å². The molecule has 32 heavy (non-hydrogen) atoms. The number of rotatable bonds is 4. The number of anilines is 2. The van der Waals surface area contributed by atoms with Gasteiger partial charge in [0.05, 0.1) is 11.3 Å². The molecule has 0 saturated carbocycles. The van der Waals surface area contributed by atoms with Gasteiger partial charge in [-0.15, -0.1) is 0 Å². The average molecular weight is 436 g/mol. The summed E-state index contributed by atoms with van der Waals surface area (Å²) in [5, 5.41) is 5.82. The van der Waals surface area contributed by atoms with Crippen LogP contribution in [0.3, 0.4) is 0 Å². The molecule has 0 spiro atoms. The molecule has 170 valence electrons. The second kappa shape index (κ2) is 9.55. The zero-order valence-corrected chi connectivity index (χ0v) is 19.6. The number of piperidine rings is 1. The van der Waals surface area contributed by atoms with E-state index >= 15 is 0 Å². The van der Waals surface area contributed by atoms with Crippen LogP contribution in [0.4, 0.5) is 11.4 Å². The molecule has 6 nitrogen and oxygen atoms in total. The smallest absolute Gasteiger partial charge is 0.256 e. The van der Waals surface area contributed by atoms with Crippen molar-refractivity contribution in [3.05, 3.63) is 59.2 Å². The summed E-state index contributed by atoms with van der Waals surface area (Å²) in [6, 6.07) is 12.5. The first-order valence-corrected chi connectivity index (χ1v) is 11.2. The number of benzene rings is 2. The molecule has 0 aliphatic carbocycles. The Bertz CT molecular complexity index is 1020. The average Bonchev–Trinajstić information content (AvgIpc) is 2.74. The predicted octanol–water partition coefficient (Wildman–Crippen LogP) is 5.25. The van der Waals surface area contributed by atoms with E-state index in [1.807, 2.05) is 31.7 Å². The van der Waals surface area contributed by atoms with Gasteiger partial charge >= 0.3 is 0 Å². The summed E-state index contributed by atoms with van der Waals surface area (Å²) in [5.41, 5.74) is 2.16. The quantitative estimate of drug-likeness (QED) is 0.689. The van der Waals surface area contributed by atoms with Crippen molar-refractivity contribution in [2.75, 3.05) is 17.2 Å². The van der Waals surface area contributed by atoms with E-state index in [1.165, 1.54) is 0 Å². The summed E-state index contributed by atoms with van der Waals surface area (Å²) >= 11 is 0. The molecule has 3 amide bonds. The Labute approximate surface area is 190 Å². The van der Waals surface area contributed by atoms with E-state index in [2.05, 4.69) is 17.6 Å². The van der Waals surface area contributed by atoms with Crippen LogP contribution >= 0.6 is 0 Å². The minimum Gasteiger partial charge on any atom is -0.336 e. The third-order valence-electron chi connectivity index (χ3n) is 5.98.